The number of allylic oxidation sites excluding steroid dienone is 2. The summed E-state index contributed by atoms with van der Waals surface area (Å²) in [7, 11) is 0. The normalized spacial score (nSPS) is 37.4. The fourth-order valence-electron chi connectivity index (χ4n) is 2.91. The second kappa shape index (κ2) is 2.59. The summed E-state index contributed by atoms with van der Waals surface area (Å²) in [4.78, 5) is 22.3. The molecule has 3 unspecified atom stereocenters. The van der Waals surface area contributed by atoms with Crippen LogP contribution in [0.15, 0.2) is 12.2 Å². The summed E-state index contributed by atoms with van der Waals surface area (Å²) >= 11 is 0. The summed E-state index contributed by atoms with van der Waals surface area (Å²) in [5, 5.41) is 18.2. The van der Waals surface area contributed by atoms with Gasteiger partial charge in [-0.05, 0) is 18.3 Å². The maximum atomic E-state index is 11.2. The molecule has 2 bridgehead atoms. The average molecular weight is 196 g/mol. The highest BCUT2D eigenvalue weighted by Crippen LogP contribution is 2.56. The minimum Gasteiger partial charge on any atom is -0.480 e. The highest BCUT2D eigenvalue weighted by molar-refractivity contribution is 6.00. The average Bonchev–Trinajstić information content (AvgIpc) is 2.61. The Morgan fingerprint density at radius 1 is 1.29 bits per heavy atom. The SMILES string of the molecule is CC1C2C=CC(C2)C1(C(=O)O)C(=O)O. The van der Waals surface area contributed by atoms with E-state index in [2.05, 4.69) is 0 Å². The second-order valence-electron chi connectivity index (χ2n) is 4.16. The summed E-state index contributed by atoms with van der Waals surface area (Å²) in [6, 6.07) is 0. The van der Waals surface area contributed by atoms with Crippen LogP contribution in [0, 0.1) is 23.2 Å². The lowest BCUT2D eigenvalue weighted by Gasteiger charge is -2.31. The van der Waals surface area contributed by atoms with E-state index < -0.39 is 17.4 Å². The van der Waals surface area contributed by atoms with Crippen molar-refractivity contribution in [3.05, 3.63) is 12.2 Å². The molecular formula is C10H12O4. The van der Waals surface area contributed by atoms with Gasteiger partial charge in [0.15, 0.2) is 5.41 Å². The first-order chi connectivity index (χ1) is 6.51. The van der Waals surface area contributed by atoms with Gasteiger partial charge in [-0.25, -0.2) is 0 Å². The van der Waals surface area contributed by atoms with Gasteiger partial charge in [-0.15, -0.1) is 0 Å². The zero-order valence-corrected chi connectivity index (χ0v) is 7.80. The topological polar surface area (TPSA) is 74.6 Å². The lowest BCUT2D eigenvalue weighted by molar-refractivity contribution is -0.170. The molecule has 0 amide bonds. The lowest BCUT2D eigenvalue weighted by atomic mass is 9.69. The summed E-state index contributed by atoms with van der Waals surface area (Å²) in [5.41, 5.74) is -1.58. The van der Waals surface area contributed by atoms with Crippen molar-refractivity contribution in [2.45, 2.75) is 13.3 Å². The lowest BCUT2D eigenvalue weighted by Crippen LogP contribution is -2.47. The van der Waals surface area contributed by atoms with Crippen molar-refractivity contribution >= 4 is 11.9 Å². The van der Waals surface area contributed by atoms with Gasteiger partial charge in [-0.1, -0.05) is 19.1 Å². The van der Waals surface area contributed by atoms with E-state index in [0.29, 0.717) is 6.42 Å². The first kappa shape index (κ1) is 9.24. The summed E-state index contributed by atoms with van der Waals surface area (Å²) in [6.45, 7) is 1.72. The number of rotatable bonds is 2. The van der Waals surface area contributed by atoms with Gasteiger partial charge in [0.1, 0.15) is 0 Å². The van der Waals surface area contributed by atoms with Crippen LogP contribution >= 0.6 is 0 Å². The van der Waals surface area contributed by atoms with Gasteiger partial charge in [0.05, 0.1) is 0 Å². The van der Waals surface area contributed by atoms with E-state index in [-0.39, 0.29) is 17.8 Å². The Morgan fingerprint density at radius 3 is 2.14 bits per heavy atom. The molecule has 1 saturated carbocycles. The molecule has 2 aliphatic rings. The third-order valence-corrected chi connectivity index (χ3v) is 3.77. The van der Waals surface area contributed by atoms with Crippen LogP contribution in [0.2, 0.25) is 0 Å². The van der Waals surface area contributed by atoms with Crippen molar-refractivity contribution in [1.29, 1.82) is 0 Å². The van der Waals surface area contributed by atoms with Gasteiger partial charge in [0.2, 0.25) is 0 Å². The third-order valence-electron chi connectivity index (χ3n) is 3.77. The number of carbonyl (C=O) groups is 2. The molecule has 0 aromatic rings. The van der Waals surface area contributed by atoms with E-state index >= 15 is 0 Å². The molecule has 0 spiro atoms. The minimum atomic E-state index is -1.58. The molecule has 3 atom stereocenters. The van der Waals surface area contributed by atoms with Crippen LogP contribution in [-0.2, 0) is 9.59 Å². The molecule has 0 aromatic heterocycles. The summed E-state index contributed by atoms with van der Waals surface area (Å²) in [6.07, 6.45) is 4.35. The van der Waals surface area contributed by atoms with E-state index in [4.69, 9.17) is 10.2 Å². The van der Waals surface area contributed by atoms with Gasteiger partial charge in [0, 0.05) is 5.92 Å². The van der Waals surface area contributed by atoms with Crippen molar-refractivity contribution in [2.75, 3.05) is 0 Å². The second-order valence-corrected chi connectivity index (χ2v) is 4.16. The monoisotopic (exact) mass is 196 g/mol. The Kier molecular flexibility index (Phi) is 1.71. The van der Waals surface area contributed by atoms with Crippen LogP contribution in [0.25, 0.3) is 0 Å². The first-order valence-corrected chi connectivity index (χ1v) is 4.66. The molecular weight excluding hydrogens is 184 g/mol. The van der Waals surface area contributed by atoms with E-state index in [0.717, 1.165) is 0 Å². The molecule has 2 rings (SSSR count). The van der Waals surface area contributed by atoms with Crippen LogP contribution in [0.4, 0.5) is 0 Å². The maximum absolute atomic E-state index is 11.2. The zero-order chi connectivity index (χ0) is 10.5. The number of aliphatic carboxylic acids is 2. The van der Waals surface area contributed by atoms with Crippen molar-refractivity contribution in [1.82, 2.24) is 0 Å². The Labute approximate surface area is 81.2 Å². The number of hydrogen-bond donors (Lipinski definition) is 2. The van der Waals surface area contributed by atoms with Gasteiger partial charge < -0.3 is 10.2 Å². The Hall–Kier alpha value is -1.32. The molecule has 0 saturated heterocycles. The minimum absolute atomic E-state index is 0.118. The van der Waals surface area contributed by atoms with E-state index in [1.165, 1.54) is 0 Å². The molecule has 1 fully saturated rings. The quantitative estimate of drug-likeness (QED) is 0.510. The highest BCUT2D eigenvalue weighted by Gasteiger charge is 2.64. The van der Waals surface area contributed by atoms with Crippen molar-refractivity contribution in [2.24, 2.45) is 23.2 Å². The van der Waals surface area contributed by atoms with E-state index in [1.54, 1.807) is 13.0 Å². The van der Waals surface area contributed by atoms with Gasteiger partial charge in [-0.3, -0.25) is 9.59 Å². The Morgan fingerprint density at radius 2 is 1.86 bits per heavy atom. The largest absolute Gasteiger partial charge is 0.480 e. The van der Waals surface area contributed by atoms with Crippen LogP contribution in [0.3, 0.4) is 0 Å². The number of fused-ring (bicyclic) bond motifs is 2. The molecule has 0 aliphatic heterocycles. The fourth-order valence-corrected chi connectivity index (χ4v) is 2.91. The summed E-state index contributed by atoms with van der Waals surface area (Å²) in [5.74, 6) is -2.93. The predicted octanol–water partition coefficient (Wildman–Crippen LogP) is 0.984. The summed E-state index contributed by atoms with van der Waals surface area (Å²) < 4.78 is 0. The number of carboxylic acids is 2. The molecule has 76 valence electrons. The van der Waals surface area contributed by atoms with Crippen LogP contribution < -0.4 is 0 Å². The molecule has 4 heteroatoms. The molecule has 14 heavy (non-hydrogen) atoms. The van der Waals surface area contributed by atoms with Crippen LogP contribution in [-0.4, -0.2) is 22.2 Å². The molecule has 0 heterocycles. The van der Waals surface area contributed by atoms with E-state index in [9.17, 15) is 9.59 Å². The number of carboxylic acid groups (broad SMARTS) is 2. The van der Waals surface area contributed by atoms with Gasteiger partial charge in [0.25, 0.3) is 0 Å². The van der Waals surface area contributed by atoms with Crippen LogP contribution in [0.1, 0.15) is 13.3 Å². The standard InChI is InChI=1S/C10H12O4/c1-5-6-2-3-7(4-6)10(5,8(11)12)9(13)14/h2-3,5-7H,4H2,1H3,(H,11,12)(H,13,14). The molecule has 4 nitrogen and oxygen atoms in total. The van der Waals surface area contributed by atoms with Crippen LogP contribution in [0.5, 0.6) is 0 Å². The number of hydrogen-bond acceptors (Lipinski definition) is 2. The highest BCUT2D eigenvalue weighted by atomic mass is 16.4. The van der Waals surface area contributed by atoms with Gasteiger partial charge in [-0.2, -0.15) is 0 Å². The molecule has 0 aromatic carbocycles. The Bertz CT molecular complexity index is 317. The van der Waals surface area contributed by atoms with Gasteiger partial charge >= 0.3 is 11.9 Å². The Balaban J connectivity index is 2.52. The zero-order valence-electron chi connectivity index (χ0n) is 7.80. The van der Waals surface area contributed by atoms with Crippen molar-refractivity contribution < 1.29 is 19.8 Å². The maximum Gasteiger partial charge on any atom is 0.321 e. The molecule has 2 N–H and O–H groups in total. The molecule has 2 aliphatic carbocycles. The predicted molar refractivity (Wildman–Crippen MR) is 47.6 cm³/mol. The van der Waals surface area contributed by atoms with Crippen molar-refractivity contribution in [3.63, 3.8) is 0 Å². The smallest absolute Gasteiger partial charge is 0.321 e. The molecule has 0 radical (unpaired) electrons. The third kappa shape index (κ3) is 0.786. The fraction of sp³-hybridized carbons (Fsp3) is 0.600. The van der Waals surface area contributed by atoms with E-state index in [1.807, 2.05) is 6.08 Å². The first-order valence-electron chi connectivity index (χ1n) is 4.66. The van der Waals surface area contributed by atoms with Crippen molar-refractivity contribution in [3.8, 4) is 0 Å².